The van der Waals surface area contributed by atoms with E-state index in [1.807, 2.05) is 54.7 Å². The van der Waals surface area contributed by atoms with Crippen molar-refractivity contribution < 1.29 is 38.3 Å². The molecule has 0 aliphatic rings. The number of hydrogen-bond donors (Lipinski definition) is 3. The van der Waals surface area contributed by atoms with Gasteiger partial charge in [0.1, 0.15) is 0 Å². The number of hydrogen-bond acceptors (Lipinski definition) is 8. The zero-order valence-electron chi connectivity index (χ0n) is 39.6. The molecular weight excluding hydrogens is 814 g/mol. The zero-order chi connectivity index (χ0) is 48.7. The van der Waals surface area contributed by atoms with Gasteiger partial charge in [0.05, 0.1) is 24.3 Å². The Balaban J connectivity index is -0.000000407. The first-order chi connectivity index (χ1) is 30.1. The van der Waals surface area contributed by atoms with E-state index in [9.17, 15) is 9.59 Å². The SMILES string of the molecule is C=CCN(CC=C)CC=C.C=CCN(CC=C)CC=C.C=CCN(CC=C)CC=C.CCCCC(CC)COC(=O)c1ccccc1C(=O)OCC(CC)CCCC.O=P(O)(O)O. The molecule has 0 heterocycles. The van der Waals surface area contributed by atoms with Gasteiger partial charge in [-0.1, -0.05) is 133 Å². The lowest BCUT2D eigenvalue weighted by Gasteiger charge is -2.17. The fourth-order valence-electron chi connectivity index (χ4n) is 5.49. The minimum atomic E-state index is -4.64. The summed E-state index contributed by atoms with van der Waals surface area (Å²) in [6.45, 7) is 50.3. The average molecular weight is 900 g/mol. The van der Waals surface area contributed by atoms with E-state index in [-0.39, 0.29) is 0 Å². The summed E-state index contributed by atoms with van der Waals surface area (Å²) in [7, 11) is -4.64. The van der Waals surface area contributed by atoms with Crippen LogP contribution in [0, 0.1) is 11.8 Å². The summed E-state index contributed by atoms with van der Waals surface area (Å²) in [4.78, 5) is 53.3. The number of rotatable bonds is 32. The maximum atomic E-state index is 12.6. The zero-order valence-corrected chi connectivity index (χ0v) is 40.5. The maximum absolute atomic E-state index is 12.6. The van der Waals surface area contributed by atoms with E-state index in [4.69, 9.17) is 28.7 Å². The molecule has 1 rings (SSSR count). The van der Waals surface area contributed by atoms with E-state index < -0.39 is 19.8 Å². The van der Waals surface area contributed by atoms with Gasteiger partial charge >= 0.3 is 19.8 Å². The highest BCUT2D eigenvalue weighted by molar-refractivity contribution is 7.45. The van der Waals surface area contributed by atoms with Crippen molar-refractivity contribution in [3.63, 3.8) is 0 Å². The molecule has 0 spiro atoms. The number of ether oxygens (including phenoxy) is 2. The van der Waals surface area contributed by atoms with Crippen LogP contribution in [0.3, 0.4) is 0 Å². The summed E-state index contributed by atoms with van der Waals surface area (Å²) in [6.07, 6.45) is 25.5. The summed E-state index contributed by atoms with van der Waals surface area (Å²) in [5, 5.41) is 0. The lowest BCUT2D eigenvalue weighted by Crippen LogP contribution is -2.23. The predicted molar refractivity (Wildman–Crippen MR) is 269 cm³/mol. The molecule has 11 nitrogen and oxygen atoms in total. The maximum Gasteiger partial charge on any atom is 0.466 e. The number of benzene rings is 1. The summed E-state index contributed by atoms with van der Waals surface area (Å²) < 4.78 is 19.9. The number of phosphoric acid groups is 1. The van der Waals surface area contributed by atoms with Gasteiger partial charge in [-0.2, -0.15) is 0 Å². The summed E-state index contributed by atoms with van der Waals surface area (Å²) >= 11 is 0. The van der Waals surface area contributed by atoms with Crippen LogP contribution < -0.4 is 0 Å². The van der Waals surface area contributed by atoms with Gasteiger partial charge < -0.3 is 24.2 Å². The minimum Gasteiger partial charge on any atom is -0.462 e. The molecule has 0 radical (unpaired) electrons. The second-order valence-corrected chi connectivity index (χ2v) is 15.4. The van der Waals surface area contributed by atoms with Crippen LogP contribution >= 0.6 is 7.82 Å². The molecule has 0 aromatic heterocycles. The number of esters is 2. The molecule has 0 saturated carbocycles. The third kappa shape index (κ3) is 44.2. The van der Waals surface area contributed by atoms with Crippen LogP contribution in [0.2, 0.25) is 0 Å². The van der Waals surface area contributed by atoms with Crippen LogP contribution in [0.5, 0.6) is 0 Å². The van der Waals surface area contributed by atoms with Crippen LogP contribution in [0.1, 0.15) is 99.8 Å². The molecule has 2 atom stereocenters. The van der Waals surface area contributed by atoms with Gasteiger partial charge in [0, 0.05) is 58.9 Å². The van der Waals surface area contributed by atoms with Gasteiger partial charge in [0.25, 0.3) is 0 Å². The second kappa shape index (κ2) is 47.3. The third-order valence-electron chi connectivity index (χ3n) is 8.84. The van der Waals surface area contributed by atoms with Crippen LogP contribution in [0.25, 0.3) is 0 Å². The highest BCUT2D eigenvalue weighted by Gasteiger charge is 2.21. The van der Waals surface area contributed by atoms with Crippen molar-refractivity contribution in [1.29, 1.82) is 0 Å². The van der Waals surface area contributed by atoms with Crippen LogP contribution in [-0.4, -0.2) is 113 Å². The molecule has 1 aromatic rings. The van der Waals surface area contributed by atoms with Gasteiger partial charge in [-0.3, -0.25) is 14.7 Å². The highest BCUT2D eigenvalue weighted by atomic mass is 31.2. The van der Waals surface area contributed by atoms with E-state index in [0.717, 1.165) is 110 Å². The Labute approximate surface area is 383 Å². The number of carbonyl (C=O) groups excluding carboxylic acids is 2. The molecule has 12 heteroatoms. The molecule has 0 amide bonds. The lowest BCUT2D eigenvalue weighted by molar-refractivity contribution is 0.0381. The molecule has 0 saturated heterocycles. The molecule has 1 aromatic carbocycles. The van der Waals surface area contributed by atoms with Gasteiger partial charge in [-0.25, -0.2) is 14.2 Å². The Morgan fingerprint density at radius 1 is 0.524 bits per heavy atom. The number of unbranched alkanes of at least 4 members (excludes halogenated alkanes) is 2. The Kier molecular flexibility index (Phi) is 49.1. The van der Waals surface area contributed by atoms with Crippen molar-refractivity contribution in [3.05, 3.63) is 149 Å². The standard InChI is InChI=1S/C24H38O4.3C9H15N.H3O4P/c1-5-9-13-19(7-3)17-27-23(25)21-15-11-12-16-22(21)24(26)28-18-20(8-4)14-10-6-2;3*1-4-7-10(8-5-2)9-6-3;1-5(2,3)4/h11-12,15-16,19-20H,5-10,13-14,17-18H2,1-4H3;3*4-6H,1-3,7-9H2;(H3,1,2,3,4). The van der Waals surface area contributed by atoms with Crippen molar-refractivity contribution in [2.75, 3.05) is 72.1 Å². The molecule has 358 valence electrons. The topological polar surface area (TPSA) is 140 Å². The first-order valence-electron chi connectivity index (χ1n) is 22.0. The van der Waals surface area contributed by atoms with Crippen LogP contribution in [0.15, 0.2) is 138 Å². The van der Waals surface area contributed by atoms with Gasteiger partial charge in [0.15, 0.2) is 0 Å². The van der Waals surface area contributed by atoms with Crippen molar-refractivity contribution in [3.8, 4) is 0 Å². The number of carbonyl (C=O) groups is 2. The fourth-order valence-corrected chi connectivity index (χ4v) is 5.49. The quantitative estimate of drug-likeness (QED) is 0.0362. The molecule has 0 fully saturated rings. The van der Waals surface area contributed by atoms with Crippen molar-refractivity contribution in [2.24, 2.45) is 11.8 Å². The average Bonchev–Trinajstić information content (AvgIpc) is 3.24. The second-order valence-electron chi connectivity index (χ2n) is 14.3. The Hall–Kier alpha value is -4.19. The van der Waals surface area contributed by atoms with Crippen LogP contribution in [0.4, 0.5) is 0 Å². The molecular formula is C51H86N3O8P. The normalized spacial score (nSPS) is 11.1. The summed E-state index contributed by atoms with van der Waals surface area (Å²) in [5.74, 6) is -0.153. The molecule has 0 bridgehead atoms. The highest BCUT2D eigenvalue weighted by Crippen LogP contribution is 2.26. The Morgan fingerprint density at radius 2 is 0.746 bits per heavy atom. The van der Waals surface area contributed by atoms with Crippen LogP contribution in [-0.2, 0) is 14.0 Å². The Bertz CT molecular complexity index is 1240. The van der Waals surface area contributed by atoms with E-state index in [2.05, 4.69) is 102 Å². The molecule has 0 aliphatic heterocycles. The predicted octanol–water partition coefficient (Wildman–Crippen LogP) is 11.0. The fraction of sp³-hybridized carbons (Fsp3) is 0.490. The van der Waals surface area contributed by atoms with Gasteiger partial charge in [-0.05, 0) is 36.8 Å². The van der Waals surface area contributed by atoms with Crippen molar-refractivity contribution in [2.45, 2.75) is 79.1 Å². The monoisotopic (exact) mass is 900 g/mol. The van der Waals surface area contributed by atoms with Crippen molar-refractivity contribution >= 4 is 19.8 Å². The summed E-state index contributed by atoms with van der Waals surface area (Å²) in [5.41, 5.74) is 0.582. The first kappa shape index (κ1) is 65.4. The van der Waals surface area contributed by atoms with Crippen molar-refractivity contribution in [1.82, 2.24) is 14.7 Å². The summed E-state index contributed by atoms with van der Waals surface area (Å²) in [6, 6.07) is 6.77. The Morgan fingerprint density at radius 3 is 0.921 bits per heavy atom. The third-order valence-corrected chi connectivity index (χ3v) is 8.84. The van der Waals surface area contributed by atoms with E-state index in [1.165, 1.54) is 0 Å². The van der Waals surface area contributed by atoms with E-state index in [0.29, 0.717) is 36.2 Å². The van der Waals surface area contributed by atoms with Gasteiger partial charge in [0.2, 0.25) is 0 Å². The molecule has 63 heavy (non-hydrogen) atoms. The minimum absolute atomic E-state index is 0.291. The largest absolute Gasteiger partial charge is 0.466 e. The lowest BCUT2D eigenvalue weighted by atomic mass is 10.0. The molecule has 0 aliphatic carbocycles. The molecule has 3 N–H and O–H groups in total. The van der Waals surface area contributed by atoms with E-state index >= 15 is 0 Å². The first-order valence-corrected chi connectivity index (χ1v) is 23.5. The molecule has 2 unspecified atom stereocenters. The number of nitrogens with zero attached hydrogens (tertiary/aromatic N) is 3. The smallest absolute Gasteiger partial charge is 0.462 e. The van der Waals surface area contributed by atoms with E-state index in [1.54, 1.807) is 24.3 Å². The van der Waals surface area contributed by atoms with Gasteiger partial charge in [-0.15, -0.1) is 59.2 Å².